The highest BCUT2D eigenvalue weighted by atomic mass is 16.3. The van der Waals surface area contributed by atoms with Crippen molar-refractivity contribution in [3.63, 3.8) is 0 Å². The lowest BCUT2D eigenvalue weighted by Gasteiger charge is -2.34. The van der Waals surface area contributed by atoms with Crippen LogP contribution in [0.1, 0.15) is 44.9 Å². The van der Waals surface area contributed by atoms with Crippen LogP contribution in [0, 0.1) is 0 Å². The largest absolute Gasteiger partial charge is 0.389 e. The number of nitrogens with one attached hydrogen (secondary N) is 2. The molecule has 1 aliphatic carbocycles. The Morgan fingerprint density at radius 3 is 2.67 bits per heavy atom. The Morgan fingerprint density at radius 2 is 2.00 bits per heavy atom. The van der Waals surface area contributed by atoms with Crippen LogP contribution in [-0.4, -0.2) is 36.4 Å². The average molecular weight is 212 g/mol. The molecule has 3 nitrogen and oxygen atoms in total. The molecule has 0 amide bonds. The van der Waals surface area contributed by atoms with Gasteiger partial charge in [-0.15, -0.1) is 0 Å². The zero-order chi connectivity index (χ0) is 10.6. The SMILES string of the molecule is OC1(CNC2CCCNC2)CCCCC1. The molecule has 88 valence electrons. The lowest BCUT2D eigenvalue weighted by molar-refractivity contribution is 0.00207. The Bertz CT molecular complexity index is 184. The van der Waals surface area contributed by atoms with E-state index in [1.165, 1.54) is 32.1 Å². The molecule has 3 N–H and O–H groups in total. The second kappa shape index (κ2) is 5.28. The zero-order valence-electron chi connectivity index (χ0n) is 9.60. The Kier molecular flexibility index (Phi) is 4.00. The smallest absolute Gasteiger partial charge is 0.0771 e. The van der Waals surface area contributed by atoms with E-state index in [0.717, 1.165) is 32.5 Å². The molecule has 1 saturated carbocycles. The minimum absolute atomic E-state index is 0.407. The Hall–Kier alpha value is -0.120. The molecule has 0 aromatic carbocycles. The van der Waals surface area contributed by atoms with E-state index in [1.807, 2.05) is 0 Å². The maximum absolute atomic E-state index is 10.3. The first-order valence-electron chi connectivity index (χ1n) is 6.45. The normalized spacial score (nSPS) is 31.4. The van der Waals surface area contributed by atoms with Gasteiger partial charge in [0.15, 0.2) is 0 Å². The van der Waals surface area contributed by atoms with Crippen LogP contribution in [0.2, 0.25) is 0 Å². The first-order chi connectivity index (χ1) is 7.29. The van der Waals surface area contributed by atoms with Crippen LogP contribution in [0.4, 0.5) is 0 Å². The molecule has 0 radical (unpaired) electrons. The molecule has 0 bridgehead atoms. The molecule has 1 saturated heterocycles. The topological polar surface area (TPSA) is 44.3 Å². The van der Waals surface area contributed by atoms with E-state index in [1.54, 1.807) is 0 Å². The third-order valence-corrected chi connectivity index (χ3v) is 3.80. The highest BCUT2D eigenvalue weighted by molar-refractivity contribution is 4.86. The van der Waals surface area contributed by atoms with Crippen molar-refractivity contribution in [1.29, 1.82) is 0 Å². The Balaban J connectivity index is 1.70. The van der Waals surface area contributed by atoms with Gasteiger partial charge in [0.25, 0.3) is 0 Å². The van der Waals surface area contributed by atoms with Gasteiger partial charge < -0.3 is 15.7 Å². The Morgan fingerprint density at radius 1 is 1.20 bits per heavy atom. The van der Waals surface area contributed by atoms with Crippen molar-refractivity contribution in [2.75, 3.05) is 19.6 Å². The summed E-state index contributed by atoms with van der Waals surface area (Å²) in [5, 5.41) is 17.2. The highest BCUT2D eigenvalue weighted by Gasteiger charge is 2.29. The molecular formula is C12H24N2O. The molecule has 0 aromatic rings. The zero-order valence-corrected chi connectivity index (χ0v) is 9.60. The van der Waals surface area contributed by atoms with Crippen molar-refractivity contribution >= 4 is 0 Å². The van der Waals surface area contributed by atoms with E-state index in [0.29, 0.717) is 6.04 Å². The van der Waals surface area contributed by atoms with Gasteiger partial charge in [-0.1, -0.05) is 19.3 Å². The standard InChI is InChI=1S/C12H24N2O/c15-12(6-2-1-3-7-12)10-14-11-5-4-8-13-9-11/h11,13-15H,1-10H2. The number of hydrogen-bond donors (Lipinski definition) is 3. The fraction of sp³-hybridized carbons (Fsp3) is 1.00. The minimum atomic E-state index is -0.407. The summed E-state index contributed by atoms with van der Waals surface area (Å²) in [6, 6.07) is 0.574. The molecule has 1 aliphatic heterocycles. The van der Waals surface area contributed by atoms with Gasteiger partial charge in [0, 0.05) is 19.1 Å². The molecule has 1 heterocycles. The quantitative estimate of drug-likeness (QED) is 0.654. The van der Waals surface area contributed by atoms with E-state index in [2.05, 4.69) is 10.6 Å². The Labute approximate surface area is 92.6 Å². The van der Waals surface area contributed by atoms with Gasteiger partial charge in [0.05, 0.1) is 5.60 Å². The molecule has 2 fully saturated rings. The van der Waals surface area contributed by atoms with Gasteiger partial charge >= 0.3 is 0 Å². The highest BCUT2D eigenvalue weighted by Crippen LogP contribution is 2.27. The van der Waals surface area contributed by atoms with Crippen LogP contribution in [-0.2, 0) is 0 Å². The maximum atomic E-state index is 10.3. The average Bonchev–Trinajstić information content (AvgIpc) is 2.29. The predicted molar refractivity (Wildman–Crippen MR) is 61.9 cm³/mol. The van der Waals surface area contributed by atoms with Crippen LogP contribution in [0.3, 0.4) is 0 Å². The van der Waals surface area contributed by atoms with Crippen molar-refractivity contribution in [2.45, 2.75) is 56.6 Å². The third-order valence-electron chi connectivity index (χ3n) is 3.80. The first kappa shape index (κ1) is 11.4. The summed E-state index contributed by atoms with van der Waals surface area (Å²) in [5.74, 6) is 0. The summed E-state index contributed by atoms with van der Waals surface area (Å²) in [5.41, 5.74) is -0.407. The second-order valence-corrected chi connectivity index (χ2v) is 5.21. The summed E-state index contributed by atoms with van der Waals surface area (Å²) in [7, 11) is 0. The maximum Gasteiger partial charge on any atom is 0.0771 e. The first-order valence-corrected chi connectivity index (χ1v) is 6.45. The van der Waals surface area contributed by atoms with Crippen molar-refractivity contribution in [1.82, 2.24) is 10.6 Å². The van der Waals surface area contributed by atoms with Gasteiger partial charge in [-0.25, -0.2) is 0 Å². The molecule has 15 heavy (non-hydrogen) atoms. The molecular weight excluding hydrogens is 188 g/mol. The van der Waals surface area contributed by atoms with Gasteiger partial charge in [-0.2, -0.15) is 0 Å². The van der Waals surface area contributed by atoms with Gasteiger partial charge in [-0.05, 0) is 32.2 Å². The summed E-state index contributed by atoms with van der Waals surface area (Å²) < 4.78 is 0. The number of rotatable bonds is 3. The van der Waals surface area contributed by atoms with Crippen molar-refractivity contribution in [2.24, 2.45) is 0 Å². The summed E-state index contributed by atoms with van der Waals surface area (Å²) in [6.07, 6.45) is 8.18. The molecule has 1 unspecified atom stereocenters. The number of piperidine rings is 1. The minimum Gasteiger partial charge on any atom is -0.389 e. The summed E-state index contributed by atoms with van der Waals surface area (Å²) in [4.78, 5) is 0. The fourth-order valence-corrected chi connectivity index (χ4v) is 2.75. The third kappa shape index (κ3) is 3.44. The molecule has 2 rings (SSSR count). The van der Waals surface area contributed by atoms with E-state index in [4.69, 9.17) is 0 Å². The van der Waals surface area contributed by atoms with E-state index >= 15 is 0 Å². The molecule has 2 aliphatic rings. The molecule has 3 heteroatoms. The van der Waals surface area contributed by atoms with Crippen LogP contribution < -0.4 is 10.6 Å². The molecule has 0 aromatic heterocycles. The van der Waals surface area contributed by atoms with Gasteiger partial charge in [-0.3, -0.25) is 0 Å². The lowest BCUT2D eigenvalue weighted by atomic mass is 9.84. The van der Waals surface area contributed by atoms with Crippen molar-refractivity contribution < 1.29 is 5.11 Å². The predicted octanol–water partition coefficient (Wildman–Crippen LogP) is 1.02. The summed E-state index contributed by atoms with van der Waals surface area (Å²) >= 11 is 0. The summed E-state index contributed by atoms with van der Waals surface area (Å²) in [6.45, 7) is 3.01. The van der Waals surface area contributed by atoms with Crippen LogP contribution in [0.15, 0.2) is 0 Å². The second-order valence-electron chi connectivity index (χ2n) is 5.21. The molecule has 1 atom stereocenters. The van der Waals surface area contributed by atoms with Gasteiger partial charge in [0.1, 0.15) is 0 Å². The van der Waals surface area contributed by atoms with Crippen LogP contribution >= 0.6 is 0 Å². The van der Waals surface area contributed by atoms with E-state index in [-0.39, 0.29) is 0 Å². The van der Waals surface area contributed by atoms with Crippen molar-refractivity contribution in [3.05, 3.63) is 0 Å². The van der Waals surface area contributed by atoms with Gasteiger partial charge in [0.2, 0.25) is 0 Å². The van der Waals surface area contributed by atoms with Crippen molar-refractivity contribution in [3.8, 4) is 0 Å². The fourth-order valence-electron chi connectivity index (χ4n) is 2.75. The van der Waals surface area contributed by atoms with Crippen LogP contribution in [0.5, 0.6) is 0 Å². The van der Waals surface area contributed by atoms with Crippen LogP contribution in [0.25, 0.3) is 0 Å². The number of hydrogen-bond acceptors (Lipinski definition) is 3. The van der Waals surface area contributed by atoms with E-state index < -0.39 is 5.60 Å². The van der Waals surface area contributed by atoms with E-state index in [9.17, 15) is 5.11 Å². The lowest BCUT2D eigenvalue weighted by Crippen LogP contribution is -2.50. The number of aliphatic hydroxyl groups is 1. The molecule has 0 spiro atoms. The monoisotopic (exact) mass is 212 g/mol.